The summed E-state index contributed by atoms with van der Waals surface area (Å²) in [5.41, 5.74) is 3.45. The molecule has 0 bridgehead atoms. The fourth-order valence-electron chi connectivity index (χ4n) is 4.18. The molecule has 0 aliphatic carbocycles. The normalized spacial score (nSPS) is 11.6. The average molecular weight is 566 g/mol. The highest BCUT2D eigenvalue weighted by molar-refractivity contribution is 6.35. The molecule has 0 aliphatic heterocycles. The second-order valence-electron chi connectivity index (χ2n) is 8.97. The quantitative estimate of drug-likeness (QED) is 0.222. The molecule has 194 valence electrons. The fraction of sp³-hybridized carbons (Fsp3) is 0.161. The number of hydrogen-bond donors (Lipinski definition) is 1. The molecular formula is C31H27Cl3N2O2. The molecule has 1 unspecified atom stereocenters. The van der Waals surface area contributed by atoms with Crippen molar-refractivity contribution in [2.45, 2.75) is 32.0 Å². The Hall–Kier alpha value is -3.31. The molecule has 4 nitrogen and oxygen atoms in total. The number of benzene rings is 4. The highest BCUT2D eigenvalue weighted by atomic mass is 35.5. The SMILES string of the molecule is O=C(NCc1ccc(Cl)cc1Cl)C(Cc1ccccc1)N(Cc1ccc(Cl)cc1)C(=O)Cc1ccccc1. The average Bonchev–Trinajstić information content (AvgIpc) is 2.92. The van der Waals surface area contributed by atoms with Crippen LogP contribution in [-0.2, 0) is 35.5 Å². The van der Waals surface area contributed by atoms with Gasteiger partial charge >= 0.3 is 0 Å². The molecule has 2 amide bonds. The number of rotatable bonds is 10. The Bertz CT molecular complexity index is 1360. The third-order valence-electron chi connectivity index (χ3n) is 6.20. The molecule has 4 rings (SSSR count). The van der Waals surface area contributed by atoms with Gasteiger partial charge in [-0.05, 0) is 46.5 Å². The lowest BCUT2D eigenvalue weighted by atomic mass is 10.0. The topological polar surface area (TPSA) is 49.4 Å². The molecule has 7 heteroatoms. The van der Waals surface area contributed by atoms with Gasteiger partial charge < -0.3 is 10.2 Å². The van der Waals surface area contributed by atoms with Crippen molar-refractivity contribution in [3.8, 4) is 0 Å². The second-order valence-corrected chi connectivity index (χ2v) is 10.2. The van der Waals surface area contributed by atoms with Gasteiger partial charge in [0, 0.05) is 34.6 Å². The van der Waals surface area contributed by atoms with Crippen LogP contribution in [0.3, 0.4) is 0 Å². The van der Waals surface area contributed by atoms with Crippen LogP contribution in [0.25, 0.3) is 0 Å². The molecule has 4 aromatic carbocycles. The van der Waals surface area contributed by atoms with E-state index in [0.717, 1.165) is 22.3 Å². The number of carbonyl (C=O) groups is 2. The summed E-state index contributed by atoms with van der Waals surface area (Å²) in [4.78, 5) is 29.2. The Morgan fingerprint density at radius 1 is 0.711 bits per heavy atom. The van der Waals surface area contributed by atoms with Crippen LogP contribution >= 0.6 is 34.8 Å². The Morgan fingerprint density at radius 3 is 1.95 bits per heavy atom. The zero-order valence-electron chi connectivity index (χ0n) is 20.6. The van der Waals surface area contributed by atoms with Crippen LogP contribution in [0.4, 0.5) is 0 Å². The van der Waals surface area contributed by atoms with E-state index in [1.807, 2.05) is 72.8 Å². The van der Waals surface area contributed by atoms with E-state index in [-0.39, 0.29) is 31.3 Å². The van der Waals surface area contributed by atoms with Crippen LogP contribution in [0.2, 0.25) is 15.1 Å². The first-order valence-corrected chi connectivity index (χ1v) is 13.4. The highest BCUT2D eigenvalue weighted by Crippen LogP contribution is 2.22. The standard InChI is InChI=1S/C31H27Cl3N2O2/c32-26-14-11-24(12-15-26)21-36(30(37)18-23-9-5-2-6-10-23)29(17-22-7-3-1-4-8-22)31(38)35-20-25-13-16-27(33)19-28(25)34/h1-16,19,29H,17-18,20-21H2,(H,35,38). The molecule has 0 aliphatic rings. The van der Waals surface area contributed by atoms with E-state index < -0.39 is 6.04 Å². The van der Waals surface area contributed by atoms with E-state index in [2.05, 4.69) is 5.32 Å². The minimum atomic E-state index is -0.754. The first kappa shape index (κ1) is 27.7. The molecule has 0 aromatic heterocycles. The van der Waals surface area contributed by atoms with Crippen molar-refractivity contribution in [3.05, 3.63) is 140 Å². The maximum absolute atomic E-state index is 13.8. The molecule has 38 heavy (non-hydrogen) atoms. The Labute approximate surface area is 238 Å². The predicted molar refractivity (Wildman–Crippen MR) is 154 cm³/mol. The number of nitrogens with one attached hydrogen (secondary N) is 1. The van der Waals surface area contributed by atoms with Crippen LogP contribution in [-0.4, -0.2) is 22.8 Å². The van der Waals surface area contributed by atoms with E-state index in [1.165, 1.54) is 0 Å². The highest BCUT2D eigenvalue weighted by Gasteiger charge is 2.30. The van der Waals surface area contributed by atoms with Crippen molar-refractivity contribution in [3.63, 3.8) is 0 Å². The summed E-state index contributed by atoms with van der Waals surface area (Å²) in [6, 6.07) is 30.9. The predicted octanol–water partition coefficient (Wildman–Crippen LogP) is 7.15. The summed E-state index contributed by atoms with van der Waals surface area (Å²) in [6.07, 6.45) is 0.533. The molecular weight excluding hydrogens is 539 g/mol. The van der Waals surface area contributed by atoms with E-state index in [9.17, 15) is 9.59 Å². The first-order chi connectivity index (χ1) is 18.4. The number of hydrogen-bond acceptors (Lipinski definition) is 2. The number of amides is 2. The first-order valence-electron chi connectivity index (χ1n) is 12.2. The van der Waals surface area contributed by atoms with Crippen molar-refractivity contribution in [2.75, 3.05) is 0 Å². The third-order valence-corrected chi connectivity index (χ3v) is 7.04. The third kappa shape index (κ3) is 7.84. The maximum Gasteiger partial charge on any atom is 0.243 e. The van der Waals surface area contributed by atoms with Crippen molar-refractivity contribution in [2.24, 2.45) is 0 Å². The smallest absolute Gasteiger partial charge is 0.243 e. The van der Waals surface area contributed by atoms with Gasteiger partial charge in [0.2, 0.25) is 11.8 Å². The van der Waals surface area contributed by atoms with Crippen LogP contribution in [0, 0.1) is 0 Å². The number of halogens is 3. The van der Waals surface area contributed by atoms with Gasteiger partial charge in [0.15, 0.2) is 0 Å². The molecule has 0 saturated carbocycles. The van der Waals surface area contributed by atoms with Gasteiger partial charge in [-0.2, -0.15) is 0 Å². The number of carbonyl (C=O) groups excluding carboxylic acids is 2. The van der Waals surface area contributed by atoms with Crippen molar-refractivity contribution in [1.82, 2.24) is 10.2 Å². The van der Waals surface area contributed by atoms with Gasteiger partial charge in [-0.3, -0.25) is 9.59 Å². The maximum atomic E-state index is 13.8. The Kier molecular flexibility index (Phi) is 9.83. The lowest BCUT2D eigenvalue weighted by Crippen LogP contribution is -2.50. The van der Waals surface area contributed by atoms with E-state index in [1.54, 1.807) is 35.2 Å². The Balaban J connectivity index is 1.64. The summed E-state index contributed by atoms with van der Waals surface area (Å²) < 4.78 is 0. The summed E-state index contributed by atoms with van der Waals surface area (Å²) in [7, 11) is 0. The van der Waals surface area contributed by atoms with Crippen molar-refractivity contribution in [1.29, 1.82) is 0 Å². The van der Waals surface area contributed by atoms with Gasteiger partial charge in [-0.25, -0.2) is 0 Å². The molecule has 0 spiro atoms. The van der Waals surface area contributed by atoms with Gasteiger partial charge in [-0.1, -0.05) is 114 Å². The molecule has 1 N–H and O–H groups in total. The van der Waals surface area contributed by atoms with Crippen LogP contribution in [0.1, 0.15) is 22.3 Å². The lowest BCUT2D eigenvalue weighted by molar-refractivity contribution is -0.140. The van der Waals surface area contributed by atoms with Gasteiger partial charge in [0.05, 0.1) is 6.42 Å². The second kappa shape index (κ2) is 13.5. The minimum absolute atomic E-state index is 0.147. The molecule has 4 aromatic rings. The van der Waals surface area contributed by atoms with Gasteiger partial charge in [-0.15, -0.1) is 0 Å². The molecule has 0 radical (unpaired) electrons. The Morgan fingerprint density at radius 2 is 1.32 bits per heavy atom. The fourth-order valence-corrected chi connectivity index (χ4v) is 4.78. The zero-order chi connectivity index (χ0) is 26.9. The molecule has 1 atom stereocenters. The number of nitrogens with zero attached hydrogens (tertiary/aromatic N) is 1. The minimum Gasteiger partial charge on any atom is -0.350 e. The van der Waals surface area contributed by atoms with E-state index >= 15 is 0 Å². The van der Waals surface area contributed by atoms with E-state index in [0.29, 0.717) is 21.5 Å². The monoisotopic (exact) mass is 564 g/mol. The van der Waals surface area contributed by atoms with Gasteiger partial charge in [0.1, 0.15) is 6.04 Å². The van der Waals surface area contributed by atoms with Crippen molar-refractivity contribution < 1.29 is 9.59 Å². The zero-order valence-corrected chi connectivity index (χ0v) is 22.9. The molecule has 0 fully saturated rings. The summed E-state index contributed by atoms with van der Waals surface area (Å²) in [6.45, 7) is 0.469. The summed E-state index contributed by atoms with van der Waals surface area (Å²) in [5, 5.41) is 4.59. The molecule has 0 saturated heterocycles. The summed E-state index contributed by atoms with van der Waals surface area (Å²) in [5.74, 6) is -0.415. The van der Waals surface area contributed by atoms with Gasteiger partial charge in [0.25, 0.3) is 0 Å². The van der Waals surface area contributed by atoms with Crippen molar-refractivity contribution >= 4 is 46.6 Å². The van der Waals surface area contributed by atoms with E-state index in [4.69, 9.17) is 34.8 Å². The van der Waals surface area contributed by atoms with Crippen LogP contribution in [0.15, 0.2) is 103 Å². The van der Waals surface area contributed by atoms with Crippen LogP contribution in [0.5, 0.6) is 0 Å². The largest absolute Gasteiger partial charge is 0.350 e. The molecule has 0 heterocycles. The van der Waals surface area contributed by atoms with Crippen LogP contribution < -0.4 is 5.32 Å². The lowest BCUT2D eigenvalue weighted by Gasteiger charge is -2.32. The summed E-state index contributed by atoms with van der Waals surface area (Å²) >= 11 is 18.5.